The van der Waals surface area contributed by atoms with E-state index >= 15 is 0 Å². The van der Waals surface area contributed by atoms with Crippen LogP contribution in [-0.4, -0.2) is 31.8 Å². The van der Waals surface area contributed by atoms with Crippen LogP contribution in [0, 0.1) is 0 Å². The third kappa shape index (κ3) is 4.25. The van der Waals surface area contributed by atoms with Crippen molar-refractivity contribution in [2.24, 2.45) is 0 Å². The second kappa shape index (κ2) is 7.92. The molecule has 1 N–H and O–H groups in total. The Morgan fingerprint density at radius 3 is 2.23 bits per heavy atom. The third-order valence-electron chi connectivity index (χ3n) is 5.10. The SMILES string of the molecule is COC1(CNC(=O)COc2ccc(C(C)C)cc2)Cc2ccccc2C1. The normalized spacial score (nSPS) is 14.9. The summed E-state index contributed by atoms with van der Waals surface area (Å²) in [5.41, 5.74) is 3.48. The van der Waals surface area contributed by atoms with Crippen LogP contribution in [0.4, 0.5) is 0 Å². The highest BCUT2D eigenvalue weighted by Gasteiger charge is 2.37. The summed E-state index contributed by atoms with van der Waals surface area (Å²) < 4.78 is 11.4. The summed E-state index contributed by atoms with van der Waals surface area (Å²) in [5.74, 6) is 1.05. The lowest BCUT2D eigenvalue weighted by atomic mass is 10.00. The summed E-state index contributed by atoms with van der Waals surface area (Å²) in [6, 6.07) is 16.2. The van der Waals surface area contributed by atoms with E-state index in [9.17, 15) is 4.79 Å². The van der Waals surface area contributed by atoms with Crippen molar-refractivity contribution in [1.82, 2.24) is 5.32 Å². The molecule has 1 aliphatic rings. The number of fused-ring (bicyclic) bond motifs is 1. The Balaban J connectivity index is 1.49. The largest absolute Gasteiger partial charge is 0.484 e. The van der Waals surface area contributed by atoms with E-state index in [2.05, 4.69) is 31.3 Å². The highest BCUT2D eigenvalue weighted by molar-refractivity contribution is 5.77. The molecule has 0 aromatic heterocycles. The van der Waals surface area contributed by atoms with Crippen LogP contribution in [0.5, 0.6) is 5.75 Å². The standard InChI is InChI=1S/C22H27NO3/c1-16(2)17-8-10-20(11-9-17)26-14-21(24)23-15-22(25-3)12-18-6-4-5-7-19(18)13-22/h4-11,16H,12-15H2,1-3H3,(H,23,24). The van der Waals surface area contributed by atoms with E-state index in [1.54, 1.807) is 7.11 Å². The fraction of sp³-hybridized carbons (Fsp3) is 0.409. The van der Waals surface area contributed by atoms with Gasteiger partial charge in [-0.05, 0) is 34.7 Å². The molecule has 0 unspecified atom stereocenters. The lowest BCUT2D eigenvalue weighted by molar-refractivity contribution is -0.124. The predicted molar refractivity (Wildman–Crippen MR) is 103 cm³/mol. The zero-order valence-electron chi connectivity index (χ0n) is 15.7. The number of benzene rings is 2. The first kappa shape index (κ1) is 18.5. The lowest BCUT2D eigenvalue weighted by Gasteiger charge is -2.27. The molecule has 0 saturated heterocycles. The zero-order valence-corrected chi connectivity index (χ0v) is 15.7. The third-order valence-corrected chi connectivity index (χ3v) is 5.10. The second-order valence-corrected chi connectivity index (χ2v) is 7.30. The van der Waals surface area contributed by atoms with Crippen molar-refractivity contribution < 1.29 is 14.3 Å². The smallest absolute Gasteiger partial charge is 0.258 e. The molecule has 3 rings (SSSR count). The van der Waals surface area contributed by atoms with Crippen LogP contribution in [0.15, 0.2) is 48.5 Å². The van der Waals surface area contributed by atoms with Gasteiger partial charge in [-0.1, -0.05) is 50.2 Å². The molecule has 0 spiro atoms. The van der Waals surface area contributed by atoms with Crippen molar-refractivity contribution in [1.29, 1.82) is 0 Å². The van der Waals surface area contributed by atoms with Crippen molar-refractivity contribution in [2.45, 2.75) is 38.2 Å². The van der Waals surface area contributed by atoms with Crippen LogP contribution in [-0.2, 0) is 22.4 Å². The Morgan fingerprint density at radius 2 is 1.69 bits per heavy atom. The summed E-state index contributed by atoms with van der Waals surface area (Å²) in [4.78, 5) is 12.2. The number of nitrogens with one attached hydrogen (secondary N) is 1. The first-order valence-electron chi connectivity index (χ1n) is 9.13. The number of ether oxygens (including phenoxy) is 2. The van der Waals surface area contributed by atoms with Gasteiger partial charge in [-0.25, -0.2) is 0 Å². The maximum Gasteiger partial charge on any atom is 0.258 e. The summed E-state index contributed by atoms with van der Waals surface area (Å²) in [6.07, 6.45) is 1.63. The maximum atomic E-state index is 12.2. The van der Waals surface area contributed by atoms with Gasteiger partial charge in [0.1, 0.15) is 5.75 Å². The summed E-state index contributed by atoms with van der Waals surface area (Å²) >= 11 is 0. The number of carbonyl (C=O) groups is 1. The van der Waals surface area contributed by atoms with E-state index in [1.807, 2.05) is 36.4 Å². The van der Waals surface area contributed by atoms with Crippen LogP contribution in [0.3, 0.4) is 0 Å². The molecule has 0 bridgehead atoms. The average Bonchev–Trinajstić information content (AvgIpc) is 3.04. The molecule has 2 aromatic carbocycles. The van der Waals surface area contributed by atoms with Crippen LogP contribution in [0.2, 0.25) is 0 Å². The van der Waals surface area contributed by atoms with Gasteiger partial charge in [-0.15, -0.1) is 0 Å². The van der Waals surface area contributed by atoms with Gasteiger partial charge in [0.25, 0.3) is 5.91 Å². The van der Waals surface area contributed by atoms with E-state index in [-0.39, 0.29) is 18.1 Å². The molecule has 1 aliphatic carbocycles. The fourth-order valence-electron chi connectivity index (χ4n) is 3.41. The number of amides is 1. The van der Waals surface area contributed by atoms with Crippen molar-refractivity contribution in [3.8, 4) is 5.75 Å². The first-order chi connectivity index (χ1) is 12.5. The van der Waals surface area contributed by atoms with Crippen molar-refractivity contribution in [2.75, 3.05) is 20.3 Å². The van der Waals surface area contributed by atoms with Gasteiger partial charge in [0.15, 0.2) is 6.61 Å². The van der Waals surface area contributed by atoms with Gasteiger partial charge in [0, 0.05) is 26.5 Å². The van der Waals surface area contributed by atoms with Crippen molar-refractivity contribution in [3.63, 3.8) is 0 Å². The lowest BCUT2D eigenvalue weighted by Crippen LogP contribution is -2.46. The minimum Gasteiger partial charge on any atom is -0.484 e. The van der Waals surface area contributed by atoms with Gasteiger partial charge in [0.2, 0.25) is 0 Å². The van der Waals surface area contributed by atoms with E-state index in [4.69, 9.17) is 9.47 Å². The van der Waals surface area contributed by atoms with Gasteiger partial charge >= 0.3 is 0 Å². The molecule has 1 amide bonds. The Kier molecular flexibility index (Phi) is 5.62. The first-order valence-corrected chi connectivity index (χ1v) is 9.13. The van der Waals surface area contributed by atoms with Crippen molar-refractivity contribution >= 4 is 5.91 Å². The molecular weight excluding hydrogens is 326 g/mol. The molecule has 2 aromatic rings. The Hall–Kier alpha value is -2.33. The molecule has 4 heteroatoms. The minimum atomic E-state index is -0.363. The predicted octanol–water partition coefficient (Wildman–Crippen LogP) is 3.49. The number of hydrogen-bond acceptors (Lipinski definition) is 3. The molecule has 0 saturated carbocycles. The Bertz CT molecular complexity index is 727. The number of methoxy groups -OCH3 is 1. The minimum absolute atomic E-state index is 0.00771. The number of hydrogen-bond donors (Lipinski definition) is 1. The maximum absolute atomic E-state index is 12.2. The Labute approximate surface area is 155 Å². The van der Waals surface area contributed by atoms with Crippen LogP contribution in [0.1, 0.15) is 36.5 Å². The summed E-state index contributed by atoms with van der Waals surface area (Å²) in [7, 11) is 1.71. The molecule has 138 valence electrons. The van der Waals surface area contributed by atoms with Gasteiger partial charge in [-0.2, -0.15) is 0 Å². The van der Waals surface area contributed by atoms with Crippen molar-refractivity contribution in [3.05, 3.63) is 65.2 Å². The average molecular weight is 353 g/mol. The molecular formula is C22H27NO3. The Morgan fingerprint density at radius 1 is 1.08 bits per heavy atom. The fourth-order valence-corrected chi connectivity index (χ4v) is 3.41. The summed E-state index contributed by atoms with van der Waals surface area (Å²) in [5, 5.41) is 2.96. The molecule has 0 aliphatic heterocycles. The number of carbonyl (C=O) groups excluding carboxylic acids is 1. The van der Waals surface area contributed by atoms with Crippen LogP contribution >= 0.6 is 0 Å². The highest BCUT2D eigenvalue weighted by Crippen LogP contribution is 2.32. The molecule has 0 heterocycles. The van der Waals surface area contributed by atoms with Crippen LogP contribution in [0.25, 0.3) is 0 Å². The topological polar surface area (TPSA) is 47.6 Å². The molecule has 4 nitrogen and oxygen atoms in total. The summed E-state index contributed by atoms with van der Waals surface area (Å²) in [6.45, 7) is 4.78. The molecule has 26 heavy (non-hydrogen) atoms. The molecule has 0 fully saturated rings. The zero-order chi connectivity index (χ0) is 18.6. The van der Waals surface area contributed by atoms with Gasteiger partial charge in [0.05, 0.1) is 5.60 Å². The number of rotatable bonds is 7. The van der Waals surface area contributed by atoms with E-state index in [0.717, 1.165) is 12.8 Å². The highest BCUT2D eigenvalue weighted by atomic mass is 16.5. The van der Waals surface area contributed by atoms with E-state index in [0.29, 0.717) is 18.2 Å². The second-order valence-electron chi connectivity index (χ2n) is 7.30. The quantitative estimate of drug-likeness (QED) is 0.829. The molecule has 0 radical (unpaired) electrons. The van der Waals surface area contributed by atoms with E-state index < -0.39 is 0 Å². The van der Waals surface area contributed by atoms with Gasteiger partial charge in [-0.3, -0.25) is 4.79 Å². The van der Waals surface area contributed by atoms with Crippen LogP contribution < -0.4 is 10.1 Å². The molecule has 0 atom stereocenters. The van der Waals surface area contributed by atoms with E-state index in [1.165, 1.54) is 16.7 Å². The van der Waals surface area contributed by atoms with Gasteiger partial charge < -0.3 is 14.8 Å². The monoisotopic (exact) mass is 353 g/mol.